The molecule has 5 aromatic rings. The summed E-state index contributed by atoms with van der Waals surface area (Å²) in [5.74, 6) is 1.13. The van der Waals surface area contributed by atoms with Gasteiger partial charge in [-0.15, -0.1) is 0 Å². The molecule has 0 bridgehead atoms. The van der Waals surface area contributed by atoms with Crippen LogP contribution in [0, 0.1) is 19.8 Å². The lowest BCUT2D eigenvalue weighted by atomic mass is 9.98. The summed E-state index contributed by atoms with van der Waals surface area (Å²) in [5.41, 5.74) is 8.51. The smallest absolute Gasteiger partial charge is 0.330 e. The number of aromatic nitrogens is 3. The number of pyridine rings is 1. The lowest BCUT2D eigenvalue weighted by Gasteiger charge is -2.35. The van der Waals surface area contributed by atoms with Crippen LogP contribution in [0.4, 0.5) is 39.3 Å². The highest BCUT2D eigenvalue weighted by Crippen LogP contribution is 2.36. The Labute approximate surface area is 322 Å². The summed E-state index contributed by atoms with van der Waals surface area (Å²) in [5, 5.41) is 18.1. The maximum absolute atomic E-state index is 14.1. The van der Waals surface area contributed by atoms with Crippen molar-refractivity contribution in [3.05, 3.63) is 125 Å². The van der Waals surface area contributed by atoms with Crippen LogP contribution in [-0.4, -0.2) is 57.3 Å². The van der Waals surface area contributed by atoms with Gasteiger partial charge in [-0.1, -0.05) is 69.3 Å². The molecule has 3 aromatic carbocycles. The molecule has 3 N–H and O–H groups in total. The molecule has 12 heteroatoms. The zero-order valence-electron chi connectivity index (χ0n) is 32.1. The van der Waals surface area contributed by atoms with Crippen LogP contribution in [-0.2, 0) is 11.3 Å². The molecule has 12 nitrogen and oxygen atoms in total. The second kappa shape index (κ2) is 15.7. The Morgan fingerprint density at radius 1 is 0.909 bits per heavy atom. The molecule has 1 unspecified atom stereocenters. The van der Waals surface area contributed by atoms with Crippen LogP contribution in [0.15, 0.2) is 96.2 Å². The molecular weight excluding hydrogens is 691 g/mol. The summed E-state index contributed by atoms with van der Waals surface area (Å²) in [6.07, 6.45) is 3.72. The lowest BCUT2D eigenvalue weighted by molar-refractivity contribution is -0.120. The van der Waals surface area contributed by atoms with Crippen molar-refractivity contribution in [2.45, 2.75) is 66.3 Å². The third kappa shape index (κ3) is 7.76. The molecule has 2 aliphatic rings. The largest absolute Gasteiger partial charge is 0.369 e. The van der Waals surface area contributed by atoms with Gasteiger partial charge in [0.15, 0.2) is 6.23 Å². The van der Waals surface area contributed by atoms with Crippen molar-refractivity contribution in [1.82, 2.24) is 15.0 Å². The van der Waals surface area contributed by atoms with Crippen LogP contribution in [0.25, 0.3) is 0 Å². The number of aliphatic imine (C=N–C) groups is 1. The molecule has 2 aromatic heterocycles. The van der Waals surface area contributed by atoms with Crippen LogP contribution in [0.3, 0.4) is 0 Å². The molecular formula is C43H47N9O3. The number of aliphatic hydroxyl groups is 1. The standard InChI is InChI=1S/C43H47N9O3/c1-7-19-51-37-21-30(15-18-34(37)38(29-11-9-8-10-12-29)48-35(41(51)54)20-26(2)3)40(53)46-32-16-13-27(4)36(22-32)52-25-31-23-45-42(49-39(31)50(6)43(52)55)47-33-17-14-28(5)44-24-33/h8-18,21-24,26,35,40,46,53H,7,19-20,25H2,1-6H3,(H,45,47,49)/t35-,40?/m0/s1. The predicted molar refractivity (Wildman–Crippen MR) is 218 cm³/mol. The van der Waals surface area contributed by atoms with E-state index < -0.39 is 12.3 Å². The Balaban J connectivity index is 1.15. The van der Waals surface area contributed by atoms with E-state index in [1.807, 2.05) is 97.6 Å². The van der Waals surface area contributed by atoms with Crippen LogP contribution in [0.2, 0.25) is 0 Å². The fourth-order valence-electron chi connectivity index (χ4n) is 7.06. The predicted octanol–water partition coefficient (Wildman–Crippen LogP) is 7.92. The van der Waals surface area contributed by atoms with E-state index in [0.717, 1.165) is 51.5 Å². The molecule has 0 spiro atoms. The van der Waals surface area contributed by atoms with Gasteiger partial charge in [0, 0.05) is 53.4 Å². The van der Waals surface area contributed by atoms with E-state index in [1.165, 1.54) is 4.90 Å². The molecule has 7 rings (SSSR count). The number of rotatable bonds is 11. The van der Waals surface area contributed by atoms with E-state index in [0.29, 0.717) is 41.7 Å². The molecule has 3 amide bonds. The first-order valence-electron chi connectivity index (χ1n) is 18.8. The second-order valence-corrected chi connectivity index (χ2v) is 14.6. The summed E-state index contributed by atoms with van der Waals surface area (Å²) in [7, 11) is 1.70. The van der Waals surface area contributed by atoms with E-state index in [-0.39, 0.29) is 24.4 Å². The first kappa shape index (κ1) is 37.2. The fraction of sp³-hybridized carbons (Fsp3) is 0.302. The van der Waals surface area contributed by atoms with Crippen molar-refractivity contribution in [3.63, 3.8) is 0 Å². The number of fused-ring (bicyclic) bond motifs is 2. The maximum atomic E-state index is 14.1. The number of nitrogens with one attached hydrogen (secondary N) is 2. The highest BCUT2D eigenvalue weighted by Gasteiger charge is 2.34. The van der Waals surface area contributed by atoms with Crippen LogP contribution in [0.5, 0.6) is 0 Å². The molecule has 0 saturated carbocycles. The van der Waals surface area contributed by atoms with Gasteiger partial charge in [0.25, 0.3) is 5.91 Å². The molecule has 55 heavy (non-hydrogen) atoms. The van der Waals surface area contributed by atoms with E-state index in [9.17, 15) is 14.7 Å². The van der Waals surface area contributed by atoms with Gasteiger partial charge in [-0.2, -0.15) is 4.98 Å². The van der Waals surface area contributed by atoms with E-state index in [1.54, 1.807) is 24.3 Å². The Bertz CT molecular complexity index is 2240. The van der Waals surface area contributed by atoms with Gasteiger partial charge in [-0.25, -0.2) is 9.78 Å². The first-order chi connectivity index (χ1) is 26.5. The average Bonchev–Trinajstić information content (AvgIpc) is 3.29. The zero-order chi connectivity index (χ0) is 38.8. The van der Waals surface area contributed by atoms with E-state index in [2.05, 4.69) is 46.4 Å². The number of hydrogen-bond acceptors (Lipinski definition) is 9. The van der Waals surface area contributed by atoms with Gasteiger partial charge in [0.2, 0.25) is 5.95 Å². The molecule has 2 atom stereocenters. The van der Waals surface area contributed by atoms with Crippen molar-refractivity contribution in [3.8, 4) is 0 Å². The Morgan fingerprint density at radius 2 is 1.69 bits per heavy atom. The molecule has 2 aliphatic heterocycles. The minimum atomic E-state index is -1.12. The van der Waals surface area contributed by atoms with Gasteiger partial charge in [-0.05, 0) is 68.5 Å². The normalized spacial score (nSPS) is 16.0. The van der Waals surface area contributed by atoms with E-state index in [4.69, 9.17) is 4.99 Å². The SMILES string of the molecule is CCCN1C(=O)[C@H](CC(C)C)N=C(c2ccccc2)c2ccc(C(O)Nc3ccc(C)c(N4Cc5cnc(Nc6ccc(C)nc6)nc5N(C)C4=O)c3)cc21. The first-order valence-corrected chi connectivity index (χ1v) is 18.8. The minimum Gasteiger partial charge on any atom is -0.369 e. The Morgan fingerprint density at radius 3 is 2.42 bits per heavy atom. The van der Waals surface area contributed by atoms with Gasteiger partial charge < -0.3 is 20.6 Å². The summed E-state index contributed by atoms with van der Waals surface area (Å²) in [6, 6.07) is 24.4. The summed E-state index contributed by atoms with van der Waals surface area (Å²) >= 11 is 0. The maximum Gasteiger partial charge on any atom is 0.330 e. The monoisotopic (exact) mass is 737 g/mol. The fourth-order valence-corrected chi connectivity index (χ4v) is 7.06. The molecule has 4 heterocycles. The number of anilines is 6. The van der Waals surface area contributed by atoms with Crippen molar-refractivity contribution in [1.29, 1.82) is 0 Å². The van der Waals surface area contributed by atoms with Crippen molar-refractivity contribution in [2.75, 3.05) is 38.9 Å². The van der Waals surface area contributed by atoms with Crippen molar-refractivity contribution < 1.29 is 14.7 Å². The second-order valence-electron chi connectivity index (χ2n) is 14.6. The highest BCUT2D eigenvalue weighted by atomic mass is 16.3. The average molecular weight is 738 g/mol. The number of carbonyl (C=O) groups is 2. The van der Waals surface area contributed by atoms with Crippen molar-refractivity contribution >= 4 is 52.2 Å². The molecule has 0 fully saturated rings. The number of aliphatic hydroxyl groups excluding tert-OH is 1. The van der Waals surface area contributed by atoms with Crippen LogP contribution >= 0.6 is 0 Å². The topological polar surface area (TPSA) is 139 Å². The number of hydrogen-bond donors (Lipinski definition) is 3. The quantitative estimate of drug-likeness (QED) is 0.116. The number of nitrogens with zero attached hydrogens (tertiary/aromatic N) is 7. The lowest BCUT2D eigenvalue weighted by Crippen LogP contribution is -2.46. The number of carbonyl (C=O) groups excluding carboxylic acids is 2. The number of benzene rings is 3. The minimum absolute atomic E-state index is 0.0373. The molecule has 0 saturated heterocycles. The summed E-state index contributed by atoms with van der Waals surface area (Å²) in [4.78, 5) is 51.6. The summed E-state index contributed by atoms with van der Waals surface area (Å²) < 4.78 is 0. The van der Waals surface area contributed by atoms with Gasteiger partial charge in [-0.3, -0.25) is 24.6 Å². The van der Waals surface area contributed by atoms with Crippen molar-refractivity contribution in [2.24, 2.45) is 10.9 Å². The Kier molecular flexibility index (Phi) is 10.6. The number of benzodiazepines with no additional fused rings is 1. The van der Waals surface area contributed by atoms with E-state index >= 15 is 0 Å². The Hall–Kier alpha value is -6.14. The number of urea groups is 1. The molecule has 0 radical (unpaired) electrons. The number of aryl methyl sites for hydroxylation is 2. The number of amides is 3. The van der Waals surface area contributed by atoms with Gasteiger partial charge >= 0.3 is 6.03 Å². The zero-order valence-corrected chi connectivity index (χ0v) is 32.1. The van der Waals surface area contributed by atoms with Crippen LogP contribution in [0.1, 0.15) is 73.4 Å². The summed E-state index contributed by atoms with van der Waals surface area (Å²) in [6.45, 7) is 10.9. The van der Waals surface area contributed by atoms with Crippen LogP contribution < -0.4 is 25.3 Å². The van der Waals surface area contributed by atoms with Gasteiger partial charge in [0.05, 0.1) is 35.5 Å². The highest BCUT2D eigenvalue weighted by molar-refractivity contribution is 6.20. The van der Waals surface area contributed by atoms with Gasteiger partial charge in [0.1, 0.15) is 11.9 Å². The third-order valence-electron chi connectivity index (χ3n) is 9.89. The molecule has 0 aliphatic carbocycles. The molecule has 282 valence electrons. The third-order valence-corrected chi connectivity index (χ3v) is 9.89.